The van der Waals surface area contributed by atoms with Gasteiger partial charge in [0.05, 0.1) is 24.3 Å². The number of rotatable bonds is 8. The van der Waals surface area contributed by atoms with E-state index in [1.54, 1.807) is 12.1 Å². The normalized spacial score (nSPS) is 13.0. The van der Waals surface area contributed by atoms with E-state index in [0.717, 1.165) is 17.9 Å². The number of ether oxygens (including phenoxy) is 2. The maximum Gasteiger partial charge on any atom is 0.333 e. The molecule has 0 aliphatic carbocycles. The molecule has 0 bridgehead atoms. The average Bonchev–Trinajstić information content (AvgIpc) is 2.50. The van der Waals surface area contributed by atoms with Gasteiger partial charge in [0.2, 0.25) is 0 Å². The predicted molar refractivity (Wildman–Crippen MR) is 76.3 cm³/mol. The van der Waals surface area contributed by atoms with E-state index in [1.807, 2.05) is 6.92 Å². The zero-order valence-electron chi connectivity index (χ0n) is 12.2. The van der Waals surface area contributed by atoms with Crippen LogP contribution in [-0.4, -0.2) is 40.9 Å². The van der Waals surface area contributed by atoms with Crippen LogP contribution in [0.5, 0.6) is 0 Å². The molecule has 0 aliphatic heterocycles. The lowest BCUT2D eigenvalue weighted by Crippen LogP contribution is -2.22. The molecule has 22 heavy (non-hydrogen) atoms. The summed E-state index contributed by atoms with van der Waals surface area (Å²) in [7, 11) is -2.81. The molecule has 0 saturated carbocycles. The van der Waals surface area contributed by atoms with Gasteiger partial charge in [0.1, 0.15) is 13.3 Å². The fraction of sp³-hybridized carbons (Fsp3) is 0.357. The highest BCUT2D eigenvalue weighted by atomic mass is 32.2. The molecule has 1 atom stereocenters. The second kappa shape index (κ2) is 8.50. The molecule has 1 aromatic carbocycles. The molecule has 0 aliphatic rings. The summed E-state index contributed by atoms with van der Waals surface area (Å²) in [6.45, 7) is 0.324. The average molecular weight is 332 g/mol. The Bertz CT molecular complexity index is 609. The molecule has 0 spiro atoms. The molecule has 0 unspecified atom stereocenters. The van der Waals surface area contributed by atoms with Crippen LogP contribution in [0.3, 0.4) is 0 Å². The quantitative estimate of drug-likeness (QED) is 0.312. The lowest BCUT2D eigenvalue weighted by molar-refractivity contribution is -0.135. The van der Waals surface area contributed by atoms with Crippen molar-refractivity contribution in [3.8, 4) is 0 Å². The van der Waals surface area contributed by atoms with Crippen LogP contribution < -0.4 is 0 Å². The van der Waals surface area contributed by atoms with Crippen LogP contribution in [0, 0.1) is 6.92 Å². The Balaban J connectivity index is 2.59. The molecule has 1 aromatic rings. The molecule has 0 aromatic heterocycles. The van der Waals surface area contributed by atoms with Gasteiger partial charge in [0, 0.05) is 0 Å². The predicted octanol–water partition coefficient (Wildman–Crippen LogP) is 1.74. The first-order valence-electron chi connectivity index (χ1n) is 6.31. The molecule has 8 heteroatoms. The SMILES string of the molecule is COC(=O)C=CO[C@H](CF)COS(=O)(=O)c1ccc(C)cc1. The van der Waals surface area contributed by atoms with E-state index in [0.29, 0.717) is 0 Å². The lowest BCUT2D eigenvalue weighted by Gasteiger charge is -2.13. The van der Waals surface area contributed by atoms with Gasteiger partial charge >= 0.3 is 5.97 Å². The minimum Gasteiger partial charge on any atom is -0.493 e. The number of halogens is 1. The van der Waals surface area contributed by atoms with E-state index in [4.69, 9.17) is 8.92 Å². The zero-order chi connectivity index (χ0) is 16.6. The second-order valence-electron chi connectivity index (χ2n) is 4.29. The molecule has 0 radical (unpaired) electrons. The van der Waals surface area contributed by atoms with Gasteiger partial charge < -0.3 is 9.47 Å². The first-order chi connectivity index (χ1) is 10.4. The van der Waals surface area contributed by atoms with Crippen molar-refractivity contribution in [3.05, 3.63) is 42.2 Å². The van der Waals surface area contributed by atoms with Crippen LogP contribution in [-0.2, 0) is 28.6 Å². The van der Waals surface area contributed by atoms with Crippen molar-refractivity contribution >= 4 is 16.1 Å². The van der Waals surface area contributed by atoms with Crippen LogP contribution in [0.4, 0.5) is 4.39 Å². The third-order valence-electron chi connectivity index (χ3n) is 2.57. The molecule has 6 nitrogen and oxygen atoms in total. The number of hydrogen-bond acceptors (Lipinski definition) is 6. The van der Waals surface area contributed by atoms with E-state index in [-0.39, 0.29) is 4.90 Å². The van der Waals surface area contributed by atoms with Crippen molar-refractivity contribution in [1.82, 2.24) is 0 Å². The maximum absolute atomic E-state index is 12.7. The minimum absolute atomic E-state index is 0.0270. The van der Waals surface area contributed by atoms with Crippen molar-refractivity contribution in [2.75, 3.05) is 20.4 Å². The van der Waals surface area contributed by atoms with Gasteiger partial charge in [0.15, 0.2) is 6.10 Å². The number of benzene rings is 1. The number of methoxy groups -OCH3 is 1. The van der Waals surface area contributed by atoms with E-state index in [1.165, 1.54) is 19.2 Å². The summed E-state index contributed by atoms with van der Waals surface area (Å²) < 4.78 is 50.5. The molecule has 0 amide bonds. The van der Waals surface area contributed by atoms with Gasteiger partial charge in [-0.1, -0.05) is 17.7 Å². The van der Waals surface area contributed by atoms with Gasteiger partial charge in [-0.25, -0.2) is 9.18 Å². The third kappa shape index (κ3) is 5.82. The van der Waals surface area contributed by atoms with Crippen LogP contribution >= 0.6 is 0 Å². The highest BCUT2D eigenvalue weighted by molar-refractivity contribution is 7.86. The molecule has 0 saturated heterocycles. The van der Waals surface area contributed by atoms with Crippen molar-refractivity contribution in [2.24, 2.45) is 0 Å². The number of carbonyl (C=O) groups is 1. The highest BCUT2D eigenvalue weighted by Crippen LogP contribution is 2.14. The van der Waals surface area contributed by atoms with E-state index < -0.39 is 35.5 Å². The highest BCUT2D eigenvalue weighted by Gasteiger charge is 2.18. The van der Waals surface area contributed by atoms with Crippen LogP contribution in [0.2, 0.25) is 0 Å². The Hall–Kier alpha value is -1.93. The molecule has 0 N–H and O–H groups in total. The van der Waals surface area contributed by atoms with E-state index >= 15 is 0 Å². The second-order valence-corrected chi connectivity index (χ2v) is 5.91. The van der Waals surface area contributed by atoms with E-state index in [9.17, 15) is 17.6 Å². The van der Waals surface area contributed by atoms with Crippen LogP contribution in [0.1, 0.15) is 5.56 Å². The number of aryl methyl sites for hydroxylation is 1. The number of hydrogen-bond donors (Lipinski definition) is 0. The molecule has 122 valence electrons. The number of alkyl halides is 1. The Morgan fingerprint density at radius 2 is 1.95 bits per heavy atom. The zero-order valence-corrected chi connectivity index (χ0v) is 13.0. The van der Waals surface area contributed by atoms with Crippen molar-refractivity contribution in [1.29, 1.82) is 0 Å². The van der Waals surface area contributed by atoms with Crippen LogP contribution in [0.25, 0.3) is 0 Å². The van der Waals surface area contributed by atoms with Crippen molar-refractivity contribution < 1.29 is 31.3 Å². The Labute approximate surface area is 128 Å². The first-order valence-corrected chi connectivity index (χ1v) is 7.72. The summed E-state index contributed by atoms with van der Waals surface area (Å²) in [6, 6.07) is 6.04. The van der Waals surface area contributed by atoms with Gasteiger partial charge in [-0.15, -0.1) is 0 Å². The van der Waals surface area contributed by atoms with E-state index in [2.05, 4.69) is 4.74 Å². The molecule has 1 rings (SSSR count). The lowest BCUT2D eigenvalue weighted by atomic mass is 10.2. The topological polar surface area (TPSA) is 78.9 Å². The molecule has 0 heterocycles. The molecular weight excluding hydrogens is 315 g/mol. The molecular formula is C14H17FO6S. The smallest absolute Gasteiger partial charge is 0.333 e. The number of carbonyl (C=O) groups excluding carboxylic acids is 1. The monoisotopic (exact) mass is 332 g/mol. The number of esters is 1. The minimum atomic E-state index is -3.99. The summed E-state index contributed by atoms with van der Waals surface area (Å²) >= 11 is 0. The van der Waals surface area contributed by atoms with Gasteiger partial charge in [0.25, 0.3) is 10.1 Å². The maximum atomic E-state index is 12.7. The van der Waals surface area contributed by atoms with Crippen molar-refractivity contribution in [2.45, 2.75) is 17.9 Å². The summed E-state index contributed by atoms with van der Waals surface area (Å²) in [5.74, 6) is -0.675. The fourth-order valence-electron chi connectivity index (χ4n) is 1.33. The standard InChI is InChI=1S/C14H17FO6S/c1-11-3-5-13(6-4-11)22(17,18)21-10-12(9-15)20-8-7-14(16)19-2/h3-8,12H,9-10H2,1-2H3/t12-/m1/s1. The van der Waals surface area contributed by atoms with Gasteiger partial charge in [-0.3, -0.25) is 4.18 Å². The summed E-state index contributed by atoms with van der Waals surface area (Å²) in [5.41, 5.74) is 0.900. The van der Waals surface area contributed by atoms with Crippen molar-refractivity contribution in [3.63, 3.8) is 0 Å². The Morgan fingerprint density at radius 3 is 2.50 bits per heavy atom. The van der Waals surface area contributed by atoms with Gasteiger partial charge in [-0.2, -0.15) is 8.42 Å². The third-order valence-corrected chi connectivity index (χ3v) is 3.86. The Kier molecular flexibility index (Phi) is 7.00. The largest absolute Gasteiger partial charge is 0.493 e. The summed E-state index contributed by atoms with van der Waals surface area (Å²) in [6.07, 6.45) is 0.718. The Morgan fingerprint density at radius 1 is 1.32 bits per heavy atom. The van der Waals surface area contributed by atoms with Crippen LogP contribution in [0.15, 0.2) is 41.5 Å². The first kappa shape index (κ1) is 18.1. The van der Waals surface area contributed by atoms with Gasteiger partial charge in [-0.05, 0) is 19.1 Å². The molecule has 0 fully saturated rings. The fourth-order valence-corrected chi connectivity index (χ4v) is 2.27. The summed E-state index contributed by atoms with van der Waals surface area (Å²) in [5, 5.41) is 0. The summed E-state index contributed by atoms with van der Waals surface area (Å²) in [4.78, 5) is 10.8.